The smallest absolute Gasteiger partial charge is 0.333 e. The molecule has 0 aromatic rings. The molecule has 0 aliphatic rings. The molecule has 0 spiro atoms. The summed E-state index contributed by atoms with van der Waals surface area (Å²) in [4.78, 5) is 24.3. The summed E-state index contributed by atoms with van der Waals surface area (Å²) in [6.45, 7) is 2.06. The fourth-order valence-electron chi connectivity index (χ4n) is 2.83. The zero-order chi connectivity index (χ0) is 21.0. The minimum absolute atomic E-state index is 0.187. The van der Waals surface area contributed by atoms with Gasteiger partial charge in [0.2, 0.25) is 0 Å². The van der Waals surface area contributed by atoms with E-state index in [9.17, 15) is 9.59 Å². The second kappa shape index (κ2) is 18.5. The summed E-state index contributed by atoms with van der Waals surface area (Å²) < 4.78 is 4.71. The van der Waals surface area contributed by atoms with Crippen LogP contribution in [0.1, 0.15) is 96.8 Å². The Bertz CT molecular complexity index is 464. The number of nitrogens with two attached hydrogens (primary N) is 1. The Morgan fingerprint density at radius 1 is 0.857 bits per heavy atom. The Kier molecular flexibility index (Phi) is 17.3. The van der Waals surface area contributed by atoms with E-state index in [2.05, 4.69) is 19.1 Å². The van der Waals surface area contributed by atoms with Crippen molar-refractivity contribution in [2.45, 2.75) is 96.8 Å². The van der Waals surface area contributed by atoms with Crippen LogP contribution in [0.3, 0.4) is 0 Å². The van der Waals surface area contributed by atoms with Crippen LogP contribution in [-0.4, -0.2) is 36.4 Å². The lowest BCUT2D eigenvalue weighted by atomic mass is 10.1. The van der Waals surface area contributed by atoms with Crippen molar-refractivity contribution < 1.29 is 14.3 Å². The normalized spacial score (nSPS) is 10.9. The van der Waals surface area contributed by atoms with Crippen molar-refractivity contribution in [2.24, 2.45) is 5.73 Å². The summed E-state index contributed by atoms with van der Waals surface area (Å²) in [5.74, 6) is -1.41. The fourth-order valence-corrected chi connectivity index (χ4v) is 2.83. The summed E-state index contributed by atoms with van der Waals surface area (Å²) in [6, 6.07) is 0. The summed E-state index contributed by atoms with van der Waals surface area (Å²) in [6.07, 6.45) is 20.5. The van der Waals surface area contributed by atoms with Gasteiger partial charge in [0.15, 0.2) is 5.96 Å². The molecule has 28 heavy (non-hydrogen) atoms. The average Bonchev–Trinajstić information content (AvgIpc) is 2.64. The van der Waals surface area contributed by atoms with E-state index in [-0.39, 0.29) is 18.9 Å². The van der Waals surface area contributed by atoms with Gasteiger partial charge >= 0.3 is 11.9 Å². The third-order valence-electron chi connectivity index (χ3n) is 4.65. The number of unbranched alkanes of at least 4 members (excludes halogenated alkanes) is 11. The molecular weight excluding hydrogens is 354 g/mol. The van der Waals surface area contributed by atoms with Gasteiger partial charge in [0.05, 0.1) is 0 Å². The molecule has 0 radical (unpaired) electrons. The van der Waals surface area contributed by atoms with Crippen molar-refractivity contribution in [3.05, 3.63) is 12.2 Å². The third kappa shape index (κ3) is 17.6. The Labute approximate surface area is 171 Å². The molecule has 0 rings (SSSR count). The minimum Gasteiger partial charge on any atom is -0.392 e. The second-order valence-corrected chi connectivity index (χ2v) is 7.42. The van der Waals surface area contributed by atoms with Crippen LogP contribution in [0.25, 0.3) is 0 Å². The number of rotatable bonds is 17. The second-order valence-electron chi connectivity index (χ2n) is 7.42. The number of esters is 2. The first-order valence-corrected chi connectivity index (χ1v) is 10.9. The van der Waals surface area contributed by atoms with Crippen LogP contribution in [0.15, 0.2) is 12.2 Å². The lowest BCUT2D eigenvalue weighted by molar-refractivity contribution is -0.159. The Hall–Kier alpha value is -1.85. The first kappa shape index (κ1) is 26.1. The molecule has 3 N–H and O–H groups in total. The van der Waals surface area contributed by atoms with Crippen LogP contribution in [-0.2, 0) is 14.3 Å². The largest absolute Gasteiger partial charge is 0.392 e. The van der Waals surface area contributed by atoms with E-state index in [0.29, 0.717) is 0 Å². The standard InChI is InChI=1S/C22H41N3O3/c1-3-4-5-6-7-8-9-10-11-12-13-14-15-16-17-18-20(26)28-21(27)19-25(2)22(23)24/h10-11H,3-9,12-19H2,1-2H3,(H3,23,24)/b11-10-. The number of nitrogens with one attached hydrogen (secondary N) is 1. The van der Waals surface area contributed by atoms with Crippen molar-refractivity contribution >= 4 is 17.9 Å². The van der Waals surface area contributed by atoms with E-state index in [0.717, 1.165) is 25.7 Å². The Morgan fingerprint density at radius 3 is 1.89 bits per heavy atom. The van der Waals surface area contributed by atoms with Crippen molar-refractivity contribution in [3.8, 4) is 0 Å². The molecular formula is C22H41N3O3. The number of carbonyl (C=O) groups excluding carboxylic acids is 2. The molecule has 0 aliphatic heterocycles. The average molecular weight is 396 g/mol. The maximum Gasteiger partial charge on any atom is 0.333 e. The van der Waals surface area contributed by atoms with Crippen LogP contribution in [0.4, 0.5) is 0 Å². The van der Waals surface area contributed by atoms with Crippen LogP contribution in [0.2, 0.25) is 0 Å². The number of allylic oxidation sites excluding steroid dienone is 2. The lowest BCUT2D eigenvalue weighted by Crippen LogP contribution is -2.37. The molecule has 0 unspecified atom stereocenters. The topological polar surface area (TPSA) is 96.5 Å². The lowest BCUT2D eigenvalue weighted by Gasteiger charge is -2.14. The van der Waals surface area contributed by atoms with Gasteiger partial charge in [-0.05, 0) is 32.1 Å². The summed E-state index contributed by atoms with van der Waals surface area (Å²) in [5.41, 5.74) is 5.23. The van der Waals surface area contributed by atoms with Gasteiger partial charge in [0.25, 0.3) is 0 Å². The van der Waals surface area contributed by atoms with E-state index in [1.54, 1.807) is 0 Å². The van der Waals surface area contributed by atoms with Crippen molar-refractivity contribution in [3.63, 3.8) is 0 Å². The molecule has 0 fully saturated rings. The molecule has 0 bridgehead atoms. The molecule has 0 aliphatic carbocycles. The molecule has 0 aromatic carbocycles. The predicted octanol–water partition coefficient (Wildman–Crippen LogP) is 4.92. The van der Waals surface area contributed by atoms with Gasteiger partial charge in [0.1, 0.15) is 6.54 Å². The monoisotopic (exact) mass is 395 g/mol. The van der Waals surface area contributed by atoms with E-state index in [4.69, 9.17) is 15.9 Å². The number of likely N-dealkylation sites (N-methyl/N-ethyl adjacent to an activating group) is 1. The first-order valence-electron chi connectivity index (χ1n) is 10.9. The quantitative estimate of drug-likeness (QED) is 0.0910. The van der Waals surface area contributed by atoms with Gasteiger partial charge in [0, 0.05) is 13.5 Å². The van der Waals surface area contributed by atoms with Gasteiger partial charge in [-0.3, -0.25) is 10.2 Å². The van der Waals surface area contributed by atoms with Gasteiger partial charge in [-0.2, -0.15) is 0 Å². The van der Waals surface area contributed by atoms with E-state index in [1.165, 1.54) is 69.7 Å². The Morgan fingerprint density at radius 2 is 1.36 bits per heavy atom. The molecule has 0 heterocycles. The highest BCUT2D eigenvalue weighted by Crippen LogP contribution is 2.10. The molecule has 0 amide bonds. The van der Waals surface area contributed by atoms with Gasteiger partial charge in [-0.25, -0.2) is 4.79 Å². The summed E-state index contributed by atoms with van der Waals surface area (Å²) in [5, 5.41) is 7.16. The van der Waals surface area contributed by atoms with Gasteiger partial charge in [-0.15, -0.1) is 0 Å². The summed E-state index contributed by atoms with van der Waals surface area (Å²) in [7, 11) is 1.50. The van der Waals surface area contributed by atoms with Crippen LogP contribution in [0, 0.1) is 5.41 Å². The maximum atomic E-state index is 11.6. The number of carbonyl (C=O) groups is 2. The van der Waals surface area contributed by atoms with Crippen LogP contribution in [0.5, 0.6) is 0 Å². The minimum atomic E-state index is -0.671. The fraction of sp³-hybridized carbons (Fsp3) is 0.773. The molecule has 6 heteroatoms. The number of hydrogen-bond acceptors (Lipinski definition) is 4. The van der Waals surface area contributed by atoms with E-state index in [1.807, 2.05) is 0 Å². The van der Waals surface area contributed by atoms with Crippen molar-refractivity contribution in [2.75, 3.05) is 13.6 Å². The molecule has 6 nitrogen and oxygen atoms in total. The molecule has 0 aromatic heterocycles. The number of nitrogens with zero attached hydrogens (tertiary/aromatic N) is 1. The SMILES string of the molecule is CCCCCCCC/C=C\CCCCCCCC(=O)OC(=O)CN(C)C(=N)N. The van der Waals surface area contributed by atoms with Crippen molar-refractivity contribution in [1.29, 1.82) is 5.41 Å². The van der Waals surface area contributed by atoms with Gasteiger partial charge < -0.3 is 15.4 Å². The highest BCUT2D eigenvalue weighted by molar-refractivity contribution is 5.88. The highest BCUT2D eigenvalue weighted by atomic mass is 16.6. The molecule has 0 saturated heterocycles. The zero-order valence-electron chi connectivity index (χ0n) is 18.0. The molecule has 0 atom stereocenters. The van der Waals surface area contributed by atoms with Crippen LogP contribution < -0.4 is 5.73 Å². The van der Waals surface area contributed by atoms with Gasteiger partial charge in [-0.1, -0.05) is 70.4 Å². The van der Waals surface area contributed by atoms with E-state index >= 15 is 0 Å². The predicted molar refractivity (Wildman–Crippen MR) is 115 cm³/mol. The summed E-state index contributed by atoms with van der Waals surface area (Å²) >= 11 is 0. The number of hydrogen-bond donors (Lipinski definition) is 2. The Balaban J connectivity index is 3.42. The van der Waals surface area contributed by atoms with E-state index < -0.39 is 11.9 Å². The number of ether oxygens (including phenoxy) is 1. The number of guanidine groups is 1. The van der Waals surface area contributed by atoms with Crippen molar-refractivity contribution in [1.82, 2.24) is 4.90 Å². The third-order valence-corrected chi connectivity index (χ3v) is 4.65. The maximum absolute atomic E-state index is 11.6. The highest BCUT2D eigenvalue weighted by Gasteiger charge is 2.13. The molecule has 0 saturated carbocycles. The zero-order valence-corrected chi connectivity index (χ0v) is 18.0. The van der Waals surface area contributed by atoms with Crippen LogP contribution >= 0.6 is 0 Å². The first-order chi connectivity index (χ1) is 13.5. The molecule has 162 valence electrons.